The number of rotatable bonds is 10. The molecule has 30 heteroatoms. The summed E-state index contributed by atoms with van der Waals surface area (Å²) in [6.45, 7) is 9.52. The SMILES string of the molecule is CC(=O)Nc1cn2cc(-c3cccc(F)c3C)ccc2n1.CC(=O)Nc1cn2cc(I)ccc2n1.Cc1c(F)cccc1-c1ccc2nc(N)cn2c1.Cc1c(F)cccc1-c1ccc2nc(NC(=O)C3CC3)cn2c1.Cc1c(F)cccc1B(O)O.O=C(O)C1CC1.O=CO[O-].[H-].[K+].[K+]. The van der Waals surface area contributed by atoms with Crippen molar-refractivity contribution in [2.45, 2.75) is 67.2 Å². The van der Waals surface area contributed by atoms with Crippen molar-refractivity contribution < 1.29 is 171 Å². The van der Waals surface area contributed by atoms with Gasteiger partial charge in [-0.1, -0.05) is 48.5 Å². The predicted molar refractivity (Wildman–Crippen MR) is 368 cm³/mol. The first-order valence-electron chi connectivity index (χ1n) is 29.9. The molecule has 99 heavy (non-hydrogen) atoms. The molecule has 0 spiro atoms. The van der Waals surface area contributed by atoms with Crippen molar-refractivity contribution in [3.8, 4) is 33.4 Å². The summed E-state index contributed by atoms with van der Waals surface area (Å²) in [7, 11) is -1.59. The van der Waals surface area contributed by atoms with E-state index in [1.54, 1.807) is 63.8 Å². The largest absolute Gasteiger partial charge is 1.00 e. The first kappa shape index (κ1) is 80.4. The van der Waals surface area contributed by atoms with Crippen molar-refractivity contribution in [3.05, 3.63) is 220 Å². The van der Waals surface area contributed by atoms with E-state index in [9.17, 15) is 36.7 Å². The number of nitrogens with one attached hydrogen (secondary N) is 3. The number of aromatic nitrogens is 8. The Kier molecular flexibility index (Phi) is 30.7. The number of halogens is 5. The molecule has 0 aliphatic heterocycles. The Morgan fingerprint density at radius 1 is 0.535 bits per heavy atom. The number of fused-ring (bicyclic) bond motifs is 4. The molecule has 14 rings (SSSR count). The molecule has 0 bridgehead atoms. The Morgan fingerprint density at radius 2 is 0.879 bits per heavy atom. The van der Waals surface area contributed by atoms with Gasteiger partial charge in [-0.3, -0.25) is 24.0 Å². The summed E-state index contributed by atoms with van der Waals surface area (Å²) in [4.78, 5) is 71.7. The van der Waals surface area contributed by atoms with Gasteiger partial charge in [-0.15, -0.1) is 0 Å². The number of hydrogen-bond donors (Lipinski definition) is 7. The summed E-state index contributed by atoms with van der Waals surface area (Å²) in [6, 6.07) is 34.5. The number of hydrogen-bond acceptors (Lipinski definition) is 14. The minimum absolute atomic E-state index is 0. The van der Waals surface area contributed by atoms with Crippen LogP contribution in [0.3, 0.4) is 0 Å². The van der Waals surface area contributed by atoms with Crippen molar-refractivity contribution in [1.82, 2.24) is 37.5 Å². The number of pyridine rings is 4. The third kappa shape index (κ3) is 23.0. The zero-order valence-corrected chi connectivity index (χ0v) is 63.5. The van der Waals surface area contributed by atoms with Crippen LogP contribution in [0.2, 0.25) is 0 Å². The van der Waals surface area contributed by atoms with E-state index in [-0.39, 0.29) is 169 Å². The number of nitrogens with two attached hydrogens (primary N) is 1. The summed E-state index contributed by atoms with van der Waals surface area (Å²) in [6.07, 6.45) is 18.4. The fourth-order valence-corrected chi connectivity index (χ4v) is 10.0. The molecule has 3 amide bonds. The number of nitrogen functional groups attached to an aromatic ring is 1. The van der Waals surface area contributed by atoms with Gasteiger partial charge in [-0.25, -0.2) is 37.5 Å². The van der Waals surface area contributed by atoms with E-state index in [1.807, 2.05) is 109 Å². The second-order valence-electron chi connectivity index (χ2n) is 22.2. The number of carboxylic acids is 1. The first-order chi connectivity index (χ1) is 46.3. The van der Waals surface area contributed by atoms with Crippen LogP contribution in [-0.4, -0.2) is 90.0 Å². The molecule has 2 aliphatic rings. The summed E-state index contributed by atoms with van der Waals surface area (Å²) in [5.41, 5.74) is 16.4. The Balaban J connectivity index is 0.000000219. The van der Waals surface area contributed by atoms with Crippen molar-refractivity contribution >= 4 is 111 Å². The molecular formula is C69H66BF4IK2N12O10. The molecule has 2 saturated carbocycles. The molecule has 0 saturated heterocycles. The minimum atomic E-state index is -1.59. The minimum Gasteiger partial charge on any atom is -1.00 e. The Morgan fingerprint density at radius 3 is 1.22 bits per heavy atom. The fourth-order valence-electron chi connectivity index (χ4n) is 9.55. The molecule has 2 aliphatic carbocycles. The summed E-state index contributed by atoms with van der Waals surface area (Å²) in [5, 5.41) is 42.0. The van der Waals surface area contributed by atoms with Crippen LogP contribution in [0.15, 0.2) is 171 Å². The number of imidazole rings is 4. The number of nitrogens with zero attached hydrogens (tertiary/aromatic N) is 8. The van der Waals surface area contributed by atoms with E-state index in [4.69, 9.17) is 30.9 Å². The van der Waals surface area contributed by atoms with Crippen LogP contribution in [0.1, 0.15) is 63.2 Å². The third-order valence-corrected chi connectivity index (χ3v) is 15.5. The van der Waals surface area contributed by atoms with Crippen molar-refractivity contribution in [3.63, 3.8) is 0 Å². The van der Waals surface area contributed by atoms with Gasteiger partial charge in [0, 0.05) is 48.1 Å². The molecule has 0 unspecified atom stereocenters. The molecule has 8 aromatic heterocycles. The van der Waals surface area contributed by atoms with E-state index in [0.717, 1.165) is 85.2 Å². The van der Waals surface area contributed by atoms with Crippen molar-refractivity contribution in [2.24, 2.45) is 11.8 Å². The summed E-state index contributed by atoms with van der Waals surface area (Å²) in [5.74, 6) is 0.340. The van der Waals surface area contributed by atoms with E-state index < -0.39 is 18.9 Å². The molecule has 8 N–H and O–H groups in total. The van der Waals surface area contributed by atoms with Gasteiger partial charge in [0.1, 0.15) is 51.7 Å². The van der Waals surface area contributed by atoms with Gasteiger partial charge >= 0.3 is 116 Å². The monoisotopic (exact) mass is 1510 g/mol. The molecular weight excluding hydrogens is 1450 g/mol. The van der Waals surface area contributed by atoms with Crippen LogP contribution >= 0.6 is 22.6 Å². The smallest absolute Gasteiger partial charge is 1.00 e. The summed E-state index contributed by atoms with van der Waals surface area (Å²) >= 11 is 2.23. The Labute approximate surface area is 666 Å². The molecule has 22 nitrogen and oxygen atoms in total. The fraction of sp³-hybridized carbons (Fsp3) is 0.174. The average molecular weight is 1520 g/mol. The average Bonchev–Trinajstić information content (AvgIpc) is 1.37. The van der Waals surface area contributed by atoms with Crippen LogP contribution in [-0.2, 0) is 28.9 Å². The first-order valence-corrected chi connectivity index (χ1v) is 30.9. The van der Waals surface area contributed by atoms with Gasteiger partial charge in [-0.05, 0) is 210 Å². The number of aliphatic carboxylic acids is 1. The zero-order chi connectivity index (χ0) is 70.2. The zero-order valence-electron chi connectivity index (χ0n) is 56.0. The Bertz CT molecular complexity index is 4850. The Hall–Kier alpha value is -7.54. The molecule has 2 fully saturated rings. The molecule has 0 radical (unpaired) electrons. The van der Waals surface area contributed by atoms with Gasteiger partial charge in [-0.2, -0.15) is 0 Å². The maximum absolute atomic E-state index is 13.7. The van der Waals surface area contributed by atoms with E-state index >= 15 is 0 Å². The number of benzene rings is 4. The van der Waals surface area contributed by atoms with Crippen LogP contribution in [0.25, 0.3) is 56.0 Å². The third-order valence-electron chi connectivity index (χ3n) is 14.9. The second-order valence-corrected chi connectivity index (χ2v) is 23.4. The van der Waals surface area contributed by atoms with Crippen LogP contribution in [0.5, 0.6) is 0 Å². The predicted octanol–water partition coefficient (Wildman–Crippen LogP) is 4.98. The molecule has 8 heterocycles. The van der Waals surface area contributed by atoms with E-state index in [0.29, 0.717) is 40.0 Å². The van der Waals surface area contributed by atoms with Gasteiger partial charge in [0.15, 0.2) is 17.5 Å². The van der Waals surface area contributed by atoms with Crippen LogP contribution < -0.4 is 135 Å². The maximum Gasteiger partial charge on any atom is 1.00 e. The van der Waals surface area contributed by atoms with Gasteiger partial charge in [0.2, 0.25) is 17.7 Å². The van der Waals surface area contributed by atoms with Gasteiger partial charge in [0.25, 0.3) is 6.47 Å². The summed E-state index contributed by atoms with van der Waals surface area (Å²) < 4.78 is 62.2. The number of anilines is 4. The quantitative estimate of drug-likeness (QED) is 0.0237. The number of carbonyl (C=O) groups excluding carboxylic acids is 4. The topological polar surface area (TPSA) is 310 Å². The van der Waals surface area contributed by atoms with Gasteiger partial charge < -0.3 is 66.0 Å². The molecule has 502 valence electrons. The molecule has 0 atom stereocenters. The van der Waals surface area contributed by atoms with Crippen molar-refractivity contribution in [2.75, 3.05) is 21.7 Å². The number of amides is 3. The van der Waals surface area contributed by atoms with Crippen LogP contribution in [0, 0.1) is 66.4 Å². The number of carboxylic acid groups (broad SMARTS) is 1. The van der Waals surface area contributed by atoms with E-state index in [1.165, 1.54) is 57.2 Å². The van der Waals surface area contributed by atoms with Crippen molar-refractivity contribution in [1.29, 1.82) is 0 Å². The maximum atomic E-state index is 13.7. The van der Waals surface area contributed by atoms with Gasteiger partial charge in [0.05, 0.1) is 30.7 Å². The van der Waals surface area contributed by atoms with Crippen LogP contribution in [0.4, 0.5) is 40.8 Å². The standard InChI is InChI=1S/C18H16FN3O.C16H14FN3O.C14H12FN3.C9H8IN3O.C7H8BFO2.C4H6O2.CH2O3.2K.H/c1-11-14(3-2-4-15(11)19)13-7-8-17-20-16(10-22(17)9-13)21-18(23)12-5-6-12;1-10-13(4-3-5-14(10)17)12-6-7-16-19-15(18-11(2)21)9-20(16)8-12;1-9-11(3-2-4-12(9)15)10-5-6-14-17-13(16)8-18(14)7-10;1-6(14)11-8-5-13-4-7(10)2-3-9(13)12-8;1-5-6(8(10)11)3-2-4-7(5)9;5-4(6)3-1-2-3;2-1-4-3;;;/h2-4,7-10,12H,5-6H2,1H3,(H,21,23);3-9H,1-2H3,(H,18,21);2-8H,16H2,1H3;2-5H,1H3,(H,11,14);2-4,10-11H,1H3;3H,1-2H2,(H,5,6);1,3H;;;/q;;;;;;;2*+1;-1/p-1. The molecule has 12 aromatic rings. The molecule has 4 aromatic carbocycles. The number of carbonyl (C=O) groups is 5. The normalized spacial score (nSPS) is 11.6. The second kappa shape index (κ2) is 37.8. The van der Waals surface area contributed by atoms with E-state index in [2.05, 4.69) is 63.4 Å².